The van der Waals surface area contributed by atoms with Crippen LogP contribution < -0.4 is 5.32 Å². The topological polar surface area (TPSA) is 49.4 Å². The first kappa shape index (κ1) is 18.9. The van der Waals surface area contributed by atoms with Gasteiger partial charge in [0.2, 0.25) is 5.91 Å². The van der Waals surface area contributed by atoms with Crippen molar-refractivity contribution in [2.45, 2.75) is 44.7 Å². The first-order valence-corrected chi connectivity index (χ1v) is 10.3. The van der Waals surface area contributed by atoms with Crippen molar-refractivity contribution in [3.63, 3.8) is 0 Å². The number of hydrogen-bond donors (Lipinski definition) is 1. The third kappa shape index (κ3) is 4.65. The lowest BCUT2D eigenvalue weighted by molar-refractivity contribution is -0.134. The Hall–Kier alpha value is -1.85. The van der Waals surface area contributed by atoms with Crippen LogP contribution in [0, 0.1) is 0 Å². The van der Waals surface area contributed by atoms with Crippen LogP contribution in [0.2, 0.25) is 5.02 Å². The number of thiophene rings is 1. The summed E-state index contributed by atoms with van der Waals surface area (Å²) < 4.78 is 0. The predicted molar refractivity (Wildman–Crippen MR) is 106 cm³/mol. The van der Waals surface area contributed by atoms with Gasteiger partial charge in [-0.2, -0.15) is 11.3 Å². The highest BCUT2D eigenvalue weighted by molar-refractivity contribution is 7.08. The Labute approximate surface area is 163 Å². The summed E-state index contributed by atoms with van der Waals surface area (Å²) in [5.41, 5.74) is 1.66. The second kappa shape index (κ2) is 8.69. The molecule has 1 saturated carbocycles. The molecule has 3 rings (SSSR count). The van der Waals surface area contributed by atoms with Gasteiger partial charge < -0.3 is 10.2 Å². The third-order valence-electron chi connectivity index (χ3n) is 4.64. The van der Waals surface area contributed by atoms with Crippen LogP contribution in [0.5, 0.6) is 0 Å². The molecule has 1 atom stereocenters. The molecular formula is C20H23ClN2O2S. The minimum absolute atomic E-state index is 0.0379. The lowest BCUT2D eigenvalue weighted by Gasteiger charge is -2.30. The van der Waals surface area contributed by atoms with E-state index in [1.165, 1.54) is 11.3 Å². The minimum atomic E-state index is -0.0813. The van der Waals surface area contributed by atoms with E-state index in [9.17, 15) is 9.59 Å². The minimum Gasteiger partial charge on any atom is -0.352 e. The second-order valence-electron chi connectivity index (χ2n) is 6.60. The summed E-state index contributed by atoms with van der Waals surface area (Å²) in [6.07, 6.45) is 3.16. The van der Waals surface area contributed by atoms with E-state index in [0.717, 1.165) is 18.4 Å². The zero-order valence-electron chi connectivity index (χ0n) is 14.8. The van der Waals surface area contributed by atoms with Gasteiger partial charge in [-0.05, 0) is 49.3 Å². The van der Waals surface area contributed by atoms with Crippen LogP contribution in [0.25, 0.3) is 0 Å². The number of carbonyl (C=O) groups excluding carboxylic acids is 2. The van der Waals surface area contributed by atoms with Gasteiger partial charge >= 0.3 is 0 Å². The van der Waals surface area contributed by atoms with Crippen molar-refractivity contribution < 1.29 is 9.59 Å². The molecule has 1 aromatic carbocycles. The molecule has 0 aliphatic heterocycles. The smallest absolute Gasteiger partial charge is 0.252 e. The lowest BCUT2D eigenvalue weighted by Crippen LogP contribution is -2.36. The molecule has 138 valence electrons. The zero-order chi connectivity index (χ0) is 18.5. The van der Waals surface area contributed by atoms with Crippen molar-refractivity contribution in [3.8, 4) is 0 Å². The largest absolute Gasteiger partial charge is 0.352 e. The number of carbonyl (C=O) groups is 2. The van der Waals surface area contributed by atoms with Crippen LogP contribution in [0.15, 0.2) is 41.1 Å². The molecule has 2 amide bonds. The first-order chi connectivity index (χ1) is 12.6. The van der Waals surface area contributed by atoms with E-state index in [2.05, 4.69) is 5.32 Å². The van der Waals surface area contributed by atoms with Gasteiger partial charge in [0, 0.05) is 35.0 Å². The highest BCUT2D eigenvalue weighted by Crippen LogP contribution is 2.37. The zero-order valence-corrected chi connectivity index (χ0v) is 16.4. The van der Waals surface area contributed by atoms with Crippen molar-refractivity contribution in [2.24, 2.45) is 0 Å². The molecule has 1 aliphatic carbocycles. The van der Waals surface area contributed by atoms with E-state index < -0.39 is 0 Å². The van der Waals surface area contributed by atoms with Gasteiger partial charge in [-0.25, -0.2) is 0 Å². The van der Waals surface area contributed by atoms with Gasteiger partial charge in [0.05, 0.1) is 6.04 Å². The number of nitrogens with zero attached hydrogens (tertiary/aromatic N) is 1. The summed E-state index contributed by atoms with van der Waals surface area (Å²) in [5.74, 6) is 0.0480. The van der Waals surface area contributed by atoms with Crippen molar-refractivity contribution in [1.29, 1.82) is 0 Å². The molecule has 0 bridgehead atoms. The monoisotopic (exact) mass is 390 g/mol. The average Bonchev–Trinajstić information content (AvgIpc) is 3.30. The van der Waals surface area contributed by atoms with E-state index in [0.29, 0.717) is 36.0 Å². The first-order valence-electron chi connectivity index (χ1n) is 8.94. The van der Waals surface area contributed by atoms with E-state index in [-0.39, 0.29) is 17.9 Å². The fourth-order valence-electron chi connectivity index (χ4n) is 3.12. The number of amides is 2. The molecule has 4 nitrogen and oxygen atoms in total. The van der Waals surface area contributed by atoms with Crippen molar-refractivity contribution in [2.75, 3.05) is 6.54 Å². The van der Waals surface area contributed by atoms with Gasteiger partial charge in [0.25, 0.3) is 5.91 Å². The average molecular weight is 391 g/mol. The van der Waals surface area contributed by atoms with Gasteiger partial charge in [0.1, 0.15) is 0 Å². The fraction of sp³-hybridized carbons (Fsp3) is 0.400. The van der Waals surface area contributed by atoms with Crippen molar-refractivity contribution in [3.05, 3.63) is 57.2 Å². The Kier molecular flexibility index (Phi) is 6.33. The maximum absolute atomic E-state index is 12.8. The number of halogens is 1. The van der Waals surface area contributed by atoms with Crippen LogP contribution in [0.3, 0.4) is 0 Å². The molecule has 1 unspecified atom stereocenters. The van der Waals surface area contributed by atoms with Gasteiger partial charge in [-0.3, -0.25) is 9.59 Å². The highest BCUT2D eigenvalue weighted by Gasteiger charge is 2.36. The summed E-state index contributed by atoms with van der Waals surface area (Å²) in [6.45, 7) is 2.54. The Morgan fingerprint density at radius 2 is 2.08 bits per heavy atom. The molecular weight excluding hydrogens is 368 g/mol. The maximum Gasteiger partial charge on any atom is 0.252 e. The van der Waals surface area contributed by atoms with E-state index in [1.807, 2.05) is 46.8 Å². The van der Waals surface area contributed by atoms with E-state index in [1.54, 1.807) is 6.07 Å². The summed E-state index contributed by atoms with van der Waals surface area (Å²) in [5, 5.41) is 7.26. The SMILES string of the molecule is CC(c1ccccc1Cl)N(C(=O)CCCNC(=O)c1ccsc1)C1CC1. The molecule has 1 fully saturated rings. The molecule has 1 N–H and O–H groups in total. The number of benzene rings is 1. The van der Waals surface area contributed by atoms with Gasteiger partial charge in [0.15, 0.2) is 0 Å². The Bertz CT molecular complexity index is 759. The highest BCUT2D eigenvalue weighted by atomic mass is 35.5. The molecule has 26 heavy (non-hydrogen) atoms. The summed E-state index contributed by atoms with van der Waals surface area (Å²) in [4.78, 5) is 26.7. The van der Waals surface area contributed by atoms with E-state index >= 15 is 0 Å². The third-order valence-corrected chi connectivity index (χ3v) is 5.66. The summed E-state index contributed by atoms with van der Waals surface area (Å²) in [6, 6.07) is 9.77. The molecule has 1 aromatic heterocycles. The van der Waals surface area contributed by atoms with Gasteiger partial charge in [-0.1, -0.05) is 29.8 Å². The molecule has 0 radical (unpaired) electrons. The Morgan fingerprint density at radius 1 is 1.31 bits per heavy atom. The van der Waals surface area contributed by atoms with Crippen LogP contribution in [-0.4, -0.2) is 29.3 Å². The predicted octanol–water partition coefficient (Wildman–Crippen LogP) is 4.66. The Morgan fingerprint density at radius 3 is 2.73 bits per heavy atom. The molecule has 1 aliphatic rings. The van der Waals surface area contributed by atoms with Crippen LogP contribution in [0.1, 0.15) is 54.6 Å². The number of rotatable bonds is 8. The fourth-order valence-corrected chi connectivity index (χ4v) is 4.05. The van der Waals surface area contributed by atoms with Crippen LogP contribution >= 0.6 is 22.9 Å². The molecule has 0 saturated heterocycles. The van der Waals surface area contributed by atoms with Crippen LogP contribution in [0.4, 0.5) is 0 Å². The van der Waals surface area contributed by atoms with E-state index in [4.69, 9.17) is 11.6 Å². The Balaban J connectivity index is 1.53. The molecule has 1 heterocycles. The lowest BCUT2D eigenvalue weighted by atomic mass is 10.1. The normalized spacial score (nSPS) is 14.7. The summed E-state index contributed by atoms with van der Waals surface area (Å²) in [7, 11) is 0. The number of nitrogens with one attached hydrogen (secondary N) is 1. The quantitative estimate of drug-likeness (QED) is 0.666. The second-order valence-corrected chi connectivity index (χ2v) is 7.79. The molecule has 0 spiro atoms. The van der Waals surface area contributed by atoms with Crippen molar-refractivity contribution >= 4 is 34.8 Å². The molecule has 2 aromatic rings. The summed E-state index contributed by atoms with van der Waals surface area (Å²) >= 11 is 7.81. The molecule has 6 heteroatoms. The standard InChI is InChI=1S/C20H23ClN2O2S/c1-14(17-5-2-3-6-18(17)21)23(16-8-9-16)19(24)7-4-11-22-20(25)15-10-12-26-13-15/h2-3,5-6,10,12-14,16H,4,7-9,11H2,1H3,(H,22,25). The maximum atomic E-state index is 12.8. The van der Waals surface area contributed by atoms with Gasteiger partial charge in [-0.15, -0.1) is 0 Å². The number of hydrogen-bond acceptors (Lipinski definition) is 3. The van der Waals surface area contributed by atoms with Crippen molar-refractivity contribution in [1.82, 2.24) is 10.2 Å². The van der Waals surface area contributed by atoms with Crippen LogP contribution in [-0.2, 0) is 4.79 Å².